The van der Waals surface area contributed by atoms with Crippen LogP contribution in [0.3, 0.4) is 0 Å². The molecule has 2 amide bonds. The lowest BCUT2D eigenvalue weighted by atomic mass is 10.1. The Morgan fingerprint density at radius 2 is 1.71 bits per heavy atom. The SMILES string of the molecule is COc1cccc(CN(C(=O)CN(c2cccc([N+](=O)[O-])c2)S(=O)(=O)c2ccccc2)[C@H](C)C(=O)NC2CCCC2)c1. The van der Waals surface area contributed by atoms with Gasteiger partial charge in [0.05, 0.1) is 22.6 Å². The van der Waals surface area contributed by atoms with Crippen LogP contribution in [0.5, 0.6) is 5.75 Å². The molecule has 0 aliphatic heterocycles. The molecule has 11 nitrogen and oxygen atoms in total. The number of hydrogen-bond donors (Lipinski definition) is 1. The van der Waals surface area contributed by atoms with Crippen LogP contribution in [-0.2, 0) is 26.2 Å². The number of methoxy groups -OCH3 is 1. The zero-order valence-corrected chi connectivity index (χ0v) is 24.3. The number of amides is 2. The predicted octanol–water partition coefficient (Wildman–Crippen LogP) is 4.27. The number of anilines is 1. The Morgan fingerprint density at radius 1 is 1.02 bits per heavy atom. The van der Waals surface area contributed by atoms with E-state index in [4.69, 9.17) is 4.74 Å². The highest BCUT2D eigenvalue weighted by Gasteiger charge is 2.33. The van der Waals surface area contributed by atoms with Gasteiger partial charge in [-0.25, -0.2) is 8.42 Å². The van der Waals surface area contributed by atoms with Crippen molar-refractivity contribution in [1.82, 2.24) is 10.2 Å². The van der Waals surface area contributed by atoms with E-state index in [0.717, 1.165) is 36.1 Å². The van der Waals surface area contributed by atoms with E-state index in [1.54, 1.807) is 49.4 Å². The second-order valence-electron chi connectivity index (χ2n) is 10.1. The van der Waals surface area contributed by atoms with Crippen LogP contribution in [0.4, 0.5) is 11.4 Å². The van der Waals surface area contributed by atoms with Gasteiger partial charge in [0.2, 0.25) is 11.8 Å². The highest BCUT2D eigenvalue weighted by molar-refractivity contribution is 7.92. The fourth-order valence-corrected chi connectivity index (χ4v) is 6.38. The molecule has 42 heavy (non-hydrogen) atoms. The number of benzene rings is 3. The van der Waals surface area contributed by atoms with Gasteiger partial charge >= 0.3 is 0 Å². The van der Waals surface area contributed by atoms with Crippen LogP contribution in [0.15, 0.2) is 83.8 Å². The third-order valence-corrected chi connectivity index (χ3v) is 9.08. The molecule has 1 aliphatic carbocycles. The number of carbonyl (C=O) groups is 2. The molecule has 3 aromatic rings. The quantitative estimate of drug-likeness (QED) is 0.244. The Morgan fingerprint density at radius 3 is 2.38 bits per heavy atom. The van der Waals surface area contributed by atoms with E-state index in [1.807, 2.05) is 0 Å². The summed E-state index contributed by atoms with van der Waals surface area (Å²) < 4.78 is 33.8. The number of carbonyl (C=O) groups excluding carboxylic acids is 2. The molecule has 4 rings (SSSR count). The summed E-state index contributed by atoms with van der Waals surface area (Å²) in [6, 6.07) is 18.7. The van der Waals surface area contributed by atoms with E-state index >= 15 is 0 Å². The molecule has 1 N–H and O–H groups in total. The summed E-state index contributed by atoms with van der Waals surface area (Å²) in [5.74, 6) is -0.434. The highest BCUT2D eigenvalue weighted by Crippen LogP contribution is 2.28. The lowest BCUT2D eigenvalue weighted by molar-refractivity contribution is -0.384. The maximum Gasteiger partial charge on any atom is 0.271 e. The van der Waals surface area contributed by atoms with E-state index in [9.17, 15) is 28.1 Å². The van der Waals surface area contributed by atoms with Crippen molar-refractivity contribution in [2.75, 3.05) is 18.0 Å². The monoisotopic (exact) mass is 594 g/mol. The Hall–Kier alpha value is -4.45. The first-order chi connectivity index (χ1) is 20.1. The average Bonchev–Trinajstić information content (AvgIpc) is 3.51. The van der Waals surface area contributed by atoms with Crippen molar-refractivity contribution in [3.8, 4) is 5.75 Å². The summed E-state index contributed by atoms with van der Waals surface area (Å²) in [6.45, 7) is 0.915. The molecule has 1 fully saturated rings. The molecule has 0 spiro atoms. The minimum atomic E-state index is -4.33. The summed E-state index contributed by atoms with van der Waals surface area (Å²) >= 11 is 0. The Labute approximate surface area is 245 Å². The van der Waals surface area contributed by atoms with Gasteiger partial charge in [-0.1, -0.05) is 49.2 Å². The van der Waals surface area contributed by atoms with Crippen molar-refractivity contribution >= 4 is 33.2 Å². The molecule has 0 aromatic heterocycles. The summed E-state index contributed by atoms with van der Waals surface area (Å²) in [6.07, 6.45) is 3.75. The van der Waals surface area contributed by atoms with Crippen molar-refractivity contribution in [3.05, 3.63) is 94.5 Å². The number of nitrogens with zero attached hydrogens (tertiary/aromatic N) is 3. The zero-order valence-electron chi connectivity index (χ0n) is 23.5. The van der Waals surface area contributed by atoms with Crippen LogP contribution >= 0.6 is 0 Å². The summed E-state index contributed by atoms with van der Waals surface area (Å²) in [4.78, 5) is 39.5. The van der Waals surface area contributed by atoms with Gasteiger partial charge in [0.1, 0.15) is 18.3 Å². The van der Waals surface area contributed by atoms with Crippen LogP contribution in [0.2, 0.25) is 0 Å². The van der Waals surface area contributed by atoms with Crippen molar-refractivity contribution in [3.63, 3.8) is 0 Å². The molecule has 12 heteroatoms. The maximum absolute atomic E-state index is 14.0. The van der Waals surface area contributed by atoms with Crippen LogP contribution < -0.4 is 14.4 Å². The highest BCUT2D eigenvalue weighted by atomic mass is 32.2. The van der Waals surface area contributed by atoms with Gasteiger partial charge in [-0.05, 0) is 55.7 Å². The van der Waals surface area contributed by atoms with Crippen molar-refractivity contribution in [2.45, 2.75) is 56.1 Å². The average molecular weight is 595 g/mol. The van der Waals surface area contributed by atoms with E-state index in [0.29, 0.717) is 11.3 Å². The molecular formula is C30H34N4O7S. The van der Waals surface area contributed by atoms with E-state index in [1.165, 1.54) is 42.3 Å². The van der Waals surface area contributed by atoms with Gasteiger partial charge in [0, 0.05) is 24.7 Å². The molecular weight excluding hydrogens is 560 g/mol. The van der Waals surface area contributed by atoms with Gasteiger partial charge in [0.15, 0.2) is 0 Å². The van der Waals surface area contributed by atoms with E-state index in [2.05, 4.69) is 5.32 Å². The maximum atomic E-state index is 14.0. The molecule has 1 aliphatic rings. The summed E-state index contributed by atoms with van der Waals surface area (Å²) in [5, 5.41) is 14.5. The number of nitro groups is 1. The largest absolute Gasteiger partial charge is 0.497 e. The Kier molecular flexibility index (Phi) is 9.79. The van der Waals surface area contributed by atoms with E-state index in [-0.39, 0.29) is 34.8 Å². The predicted molar refractivity (Wildman–Crippen MR) is 157 cm³/mol. The smallest absolute Gasteiger partial charge is 0.271 e. The lowest BCUT2D eigenvalue weighted by Crippen LogP contribution is -2.52. The van der Waals surface area contributed by atoms with Crippen LogP contribution in [0, 0.1) is 10.1 Å². The molecule has 1 saturated carbocycles. The summed E-state index contributed by atoms with van der Waals surface area (Å²) in [7, 11) is -2.81. The van der Waals surface area contributed by atoms with Gasteiger partial charge < -0.3 is 15.0 Å². The number of ether oxygens (including phenoxy) is 1. The number of nitrogens with one attached hydrogen (secondary N) is 1. The van der Waals surface area contributed by atoms with Crippen LogP contribution in [-0.4, -0.2) is 55.8 Å². The van der Waals surface area contributed by atoms with Gasteiger partial charge in [-0.2, -0.15) is 0 Å². The molecule has 1 atom stereocenters. The molecule has 0 saturated heterocycles. The molecule has 0 radical (unpaired) electrons. The minimum absolute atomic E-state index is 0.00342. The summed E-state index contributed by atoms with van der Waals surface area (Å²) in [5.41, 5.74) is 0.299. The standard InChI is InChI=1S/C30H34N4O7S/c1-22(30(36)31-24-11-6-7-12-24)32(20-23-10-8-15-27(18-23)41-2)29(35)21-33(25-13-9-14-26(19-25)34(37)38)42(39,40)28-16-4-3-5-17-28/h3-5,8-10,13-19,22,24H,6-7,11-12,20-21H2,1-2H3,(H,31,36)/t22-/m1/s1. The second kappa shape index (κ2) is 13.5. The van der Waals surface area contributed by atoms with Crippen LogP contribution in [0.25, 0.3) is 0 Å². The number of sulfonamides is 1. The van der Waals surface area contributed by atoms with Gasteiger partial charge in [-0.3, -0.25) is 24.0 Å². The number of non-ortho nitro benzene ring substituents is 1. The zero-order chi connectivity index (χ0) is 30.3. The number of rotatable bonds is 12. The number of hydrogen-bond acceptors (Lipinski definition) is 7. The third kappa shape index (κ3) is 7.24. The molecule has 0 heterocycles. The number of nitro benzene ring substituents is 1. The molecule has 0 bridgehead atoms. The topological polar surface area (TPSA) is 139 Å². The van der Waals surface area contributed by atoms with Gasteiger partial charge in [0.25, 0.3) is 15.7 Å². The minimum Gasteiger partial charge on any atom is -0.497 e. The van der Waals surface area contributed by atoms with E-state index < -0.39 is 33.4 Å². The molecule has 3 aromatic carbocycles. The van der Waals surface area contributed by atoms with Crippen molar-refractivity contribution in [2.24, 2.45) is 0 Å². The van der Waals surface area contributed by atoms with Crippen molar-refractivity contribution < 1.29 is 27.7 Å². The fraction of sp³-hybridized carbons (Fsp3) is 0.333. The fourth-order valence-electron chi connectivity index (χ4n) is 4.95. The first-order valence-corrected chi connectivity index (χ1v) is 15.1. The third-order valence-electron chi connectivity index (χ3n) is 7.29. The Balaban J connectivity index is 1.71. The van der Waals surface area contributed by atoms with Gasteiger partial charge in [-0.15, -0.1) is 0 Å². The molecule has 222 valence electrons. The molecule has 0 unspecified atom stereocenters. The normalized spacial score (nSPS) is 14.1. The van der Waals surface area contributed by atoms with Crippen molar-refractivity contribution in [1.29, 1.82) is 0 Å². The van der Waals surface area contributed by atoms with Crippen LogP contribution in [0.1, 0.15) is 38.2 Å². The second-order valence-corrected chi connectivity index (χ2v) is 12.0. The first-order valence-electron chi connectivity index (χ1n) is 13.6. The first kappa shape index (κ1) is 30.5. The Bertz CT molecular complexity index is 1530. The lowest BCUT2D eigenvalue weighted by Gasteiger charge is -2.32.